The van der Waals surface area contributed by atoms with E-state index in [0.717, 1.165) is 0 Å². The van der Waals surface area contributed by atoms with Gasteiger partial charge < -0.3 is 5.32 Å². The molecule has 1 saturated carbocycles. The third-order valence-corrected chi connectivity index (χ3v) is 2.81. The number of carbonyl (C=O) groups is 1. The van der Waals surface area contributed by atoms with E-state index >= 15 is 0 Å². The lowest BCUT2D eigenvalue weighted by atomic mass is 10.2. The summed E-state index contributed by atoms with van der Waals surface area (Å²) in [5.41, 5.74) is 0.832. The number of pyridine rings is 1. The highest BCUT2D eigenvalue weighted by molar-refractivity contribution is 5.92. The topological polar surface area (TPSA) is 65.8 Å². The molecule has 1 aliphatic rings. The molecule has 1 N–H and O–H groups in total. The van der Waals surface area contributed by atoms with E-state index in [-0.39, 0.29) is 11.9 Å². The molecule has 0 aliphatic heterocycles. The summed E-state index contributed by atoms with van der Waals surface area (Å²) in [5, 5.41) is 11.5. The van der Waals surface area contributed by atoms with E-state index in [1.807, 2.05) is 13.0 Å². The van der Waals surface area contributed by atoms with Gasteiger partial charge in [-0.25, -0.2) is 4.98 Å². The van der Waals surface area contributed by atoms with Crippen molar-refractivity contribution in [2.75, 3.05) is 0 Å². The summed E-state index contributed by atoms with van der Waals surface area (Å²) in [6.07, 6.45) is 3.81. The van der Waals surface area contributed by atoms with E-state index in [4.69, 9.17) is 5.26 Å². The first kappa shape index (κ1) is 10.6. The average molecular weight is 215 g/mol. The first-order valence-electron chi connectivity index (χ1n) is 5.37. The second kappa shape index (κ2) is 4.31. The fourth-order valence-electron chi connectivity index (χ4n) is 1.59. The minimum Gasteiger partial charge on any atom is -0.348 e. The summed E-state index contributed by atoms with van der Waals surface area (Å²) >= 11 is 0. The van der Waals surface area contributed by atoms with E-state index in [9.17, 15) is 4.79 Å². The minimum absolute atomic E-state index is 0.163. The first-order valence-corrected chi connectivity index (χ1v) is 5.37. The number of hydrogen-bond acceptors (Lipinski definition) is 3. The van der Waals surface area contributed by atoms with Crippen LogP contribution in [-0.4, -0.2) is 16.9 Å². The second-order valence-corrected chi connectivity index (χ2v) is 4.14. The van der Waals surface area contributed by atoms with Crippen molar-refractivity contribution >= 4 is 5.91 Å². The van der Waals surface area contributed by atoms with Crippen molar-refractivity contribution in [2.45, 2.75) is 25.8 Å². The smallest absolute Gasteiger partial charge is 0.270 e. The first-order chi connectivity index (χ1) is 7.70. The fourth-order valence-corrected chi connectivity index (χ4v) is 1.59. The normalized spacial score (nSPS) is 16.2. The molecule has 0 spiro atoms. The van der Waals surface area contributed by atoms with E-state index in [0.29, 0.717) is 17.2 Å². The zero-order valence-electron chi connectivity index (χ0n) is 9.10. The molecule has 1 fully saturated rings. The molecular formula is C12H13N3O. The van der Waals surface area contributed by atoms with Gasteiger partial charge in [-0.1, -0.05) is 0 Å². The molecule has 4 nitrogen and oxygen atoms in total. The van der Waals surface area contributed by atoms with Crippen LogP contribution in [0.2, 0.25) is 0 Å². The van der Waals surface area contributed by atoms with Gasteiger partial charge in [0, 0.05) is 12.2 Å². The van der Waals surface area contributed by atoms with Crippen LogP contribution in [0, 0.1) is 17.2 Å². The number of rotatable bonds is 3. The van der Waals surface area contributed by atoms with Crippen LogP contribution in [0.15, 0.2) is 18.3 Å². The number of amides is 1. The number of nitrogens with zero attached hydrogens (tertiary/aromatic N) is 2. The lowest BCUT2D eigenvalue weighted by molar-refractivity contribution is 0.0931. The van der Waals surface area contributed by atoms with Crippen LogP contribution >= 0.6 is 0 Å². The van der Waals surface area contributed by atoms with E-state index < -0.39 is 0 Å². The van der Waals surface area contributed by atoms with Crippen LogP contribution in [0.3, 0.4) is 0 Å². The van der Waals surface area contributed by atoms with Crippen molar-refractivity contribution in [1.29, 1.82) is 5.26 Å². The Morgan fingerprint density at radius 1 is 1.62 bits per heavy atom. The Morgan fingerprint density at radius 2 is 2.38 bits per heavy atom. The van der Waals surface area contributed by atoms with Gasteiger partial charge in [0.2, 0.25) is 0 Å². The average Bonchev–Trinajstić information content (AvgIpc) is 3.13. The van der Waals surface area contributed by atoms with Crippen LogP contribution in [0.25, 0.3) is 0 Å². The van der Waals surface area contributed by atoms with Gasteiger partial charge >= 0.3 is 0 Å². The molecule has 1 unspecified atom stereocenters. The maximum Gasteiger partial charge on any atom is 0.270 e. The molecule has 82 valence electrons. The third kappa shape index (κ3) is 2.37. The highest BCUT2D eigenvalue weighted by Crippen LogP contribution is 2.32. The molecular weight excluding hydrogens is 202 g/mol. The third-order valence-electron chi connectivity index (χ3n) is 2.81. The summed E-state index contributed by atoms with van der Waals surface area (Å²) in [6, 6.07) is 5.36. The lowest BCUT2D eigenvalue weighted by Gasteiger charge is -2.11. The number of carbonyl (C=O) groups excluding carboxylic acids is 1. The number of nitriles is 1. The maximum atomic E-state index is 11.7. The molecule has 2 rings (SSSR count). The van der Waals surface area contributed by atoms with Crippen molar-refractivity contribution < 1.29 is 4.79 Å². The molecule has 0 bridgehead atoms. The van der Waals surface area contributed by atoms with Crippen molar-refractivity contribution in [1.82, 2.24) is 10.3 Å². The molecule has 0 radical (unpaired) electrons. The Balaban J connectivity index is 2.00. The quantitative estimate of drug-likeness (QED) is 0.830. The van der Waals surface area contributed by atoms with Gasteiger partial charge in [-0.3, -0.25) is 4.79 Å². The van der Waals surface area contributed by atoms with Crippen molar-refractivity contribution in [3.63, 3.8) is 0 Å². The van der Waals surface area contributed by atoms with Gasteiger partial charge in [-0.2, -0.15) is 5.26 Å². The van der Waals surface area contributed by atoms with Gasteiger partial charge in [0.25, 0.3) is 5.91 Å². The van der Waals surface area contributed by atoms with Crippen LogP contribution in [-0.2, 0) is 0 Å². The maximum absolute atomic E-state index is 11.7. The Hall–Kier alpha value is -1.89. The molecule has 0 saturated heterocycles. The molecule has 1 heterocycles. The summed E-state index contributed by atoms with van der Waals surface area (Å²) in [7, 11) is 0. The Bertz CT molecular complexity index is 429. The zero-order chi connectivity index (χ0) is 11.5. The molecule has 1 aromatic rings. The molecule has 4 heteroatoms. The van der Waals surface area contributed by atoms with Crippen LogP contribution in [0.4, 0.5) is 0 Å². The standard InChI is InChI=1S/C12H13N3O/c1-8(10-3-4-10)15-12(16)11-5-2-9(6-13)7-14-11/h2,5,7-8,10H,3-4H2,1H3,(H,15,16). The van der Waals surface area contributed by atoms with E-state index in [2.05, 4.69) is 10.3 Å². The molecule has 0 aromatic carbocycles. The van der Waals surface area contributed by atoms with Crippen LogP contribution in [0.1, 0.15) is 35.8 Å². The SMILES string of the molecule is CC(NC(=O)c1ccc(C#N)cn1)C1CC1. The summed E-state index contributed by atoms with van der Waals surface area (Å²) in [4.78, 5) is 15.7. The van der Waals surface area contributed by atoms with Gasteiger partial charge in [-0.05, 0) is 37.8 Å². The van der Waals surface area contributed by atoms with Gasteiger partial charge in [0.1, 0.15) is 11.8 Å². The van der Waals surface area contributed by atoms with Gasteiger partial charge in [0.05, 0.1) is 5.56 Å². The fraction of sp³-hybridized carbons (Fsp3) is 0.417. The summed E-state index contributed by atoms with van der Waals surface area (Å²) in [6.45, 7) is 2.01. The van der Waals surface area contributed by atoms with Gasteiger partial charge in [-0.15, -0.1) is 0 Å². The molecule has 16 heavy (non-hydrogen) atoms. The van der Waals surface area contributed by atoms with E-state index in [1.54, 1.807) is 12.1 Å². The number of hydrogen-bond donors (Lipinski definition) is 1. The number of nitrogens with one attached hydrogen (secondary N) is 1. The Morgan fingerprint density at radius 3 is 2.88 bits per heavy atom. The lowest BCUT2D eigenvalue weighted by Crippen LogP contribution is -2.34. The van der Waals surface area contributed by atoms with Crippen LogP contribution in [0.5, 0.6) is 0 Å². The van der Waals surface area contributed by atoms with Crippen molar-refractivity contribution in [3.8, 4) is 6.07 Å². The zero-order valence-corrected chi connectivity index (χ0v) is 9.10. The molecule has 1 atom stereocenters. The molecule has 1 aromatic heterocycles. The van der Waals surface area contributed by atoms with E-state index in [1.165, 1.54) is 19.0 Å². The Labute approximate surface area is 94.3 Å². The summed E-state index contributed by atoms with van der Waals surface area (Å²) in [5.74, 6) is 0.464. The van der Waals surface area contributed by atoms with Crippen molar-refractivity contribution in [2.24, 2.45) is 5.92 Å². The molecule has 1 aliphatic carbocycles. The monoisotopic (exact) mass is 215 g/mol. The van der Waals surface area contributed by atoms with Crippen molar-refractivity contribution in [3.05, 3.63) is 29.6 Å². The minimum atomic E-state index is -0.163. The highest BCUT2D eigenvalue weighted by Gasteiger charge is 2.29. The Kier molecular flexibility index (Phi) is 2.86. The largest absolute Gasteiger partial charge is 0.348 e. The van der Waals surface area contributed by atoms with Crippen LogP contribution < -0.4 is 5.32 Å². The molecule has 1 amide bonds. The highest BCUT2D eigenvalue weighted by atomic mass is 16.1. The summed E-state index contributed by atoms with van der Waals surface area (Å²) < 4.78 is 0. The second-order valence-electron chi connectivity index (χ2n) is 4.14. The number of aromatic nitrogens is 1. The predicted octanol–water partition coefficient (Wildman–Crippen LogP) is 1.48. The van der Waals surface area contributed by atoms with Gasteiger partial charge in [0.15, 0.2) is 0 Å². The predicted molar refractivity (Wildman–Crippen MR) is 58.6 cm³/mol.